The van der Waals surface area contributed by atoms with Gasteiger partial charge in [-0.15, -0.1) is 0 Å². The molecule has 19 heavy (non-hydrogen) atoms. The number of carbonyl (C=O) groups is 1. The minimum absolute atomic E-state index is 0.0327. The van der Waals surface area contributed by atoms with E-state index in [2.05, 4.69) is 21.8 Å². The van der Waals surface area contributed by atoms with Crippen LogP contribution in [0.2, 0.25) is 0 Å². The van der Waals surface area contributed by atoms with Crippen molar-refractivity contribution in [2.45, 2.75) is 26.2 Å². The first kappa shape index (κ1) is 13.7. The molecule has 1 aromatic rings. The summed E-state index contributed by atoms with van der Waals surface area (Å²) >= 11 is 0. The normalized spacial score (nSPS) is 18.3. The van der Waals surface area contributed by atoms with Crippen LogP contribution in [0.4, 0.5) is 5.82 Å². The van der Waals surface area contributed by atoms with E-state index in [-0.39, 0.29) is 17.7 Å². The molecule has 2 rings (SSSR count). The molecule has 1 fully saturated rings. The number of anilines is 1. The summed E-state index contributed by atoms with van der Waals surface area (Å²) in [5.74, 6) is -0.365. The van der Waals surface area contributed by atoms with E-state index in [4.69, 9.17) is 5.11 Å². The molecule has 0 aliphatic carbocycles. The molecule has 6 heteroatoms. The minimum Gasteiger partial charge on any atom is -0.476 e. The number of aromatic nitrogens is 2. The molecule has 0 spiro atoms. The Morgan fingerprint density at radius 1 is 1.37 bits per heavy atom. The SMILES string of the molecule is CCC1(CO)CCN(c2cnc(C(=O)O)cn2)CC1. The van der Waals surface area contributed by atoms with Crippen LogP contribution in [-0.4, -0.2) is 45.8 Å². The van der Waals surface area contributed by atoms with Crippen molar-refractivity contribution in [3.8, 4) is 0 Å². The van der Waals surface area contributed by atoms with Gasteiger partial charge >= 0.3 is 5.97 Å². The van der Waals surface area contributed by atoms with Crippen molar-refractivity contribution < 1.29 is 15.0 Å². The Hall–Kier alpha value is -1.69. The number of hydrogen-bond acceptors (Lipinski definition) is 5. The highest BCUT2D eigenvalue weighted by molar-refractivity contribution is 5.84. The van der Waals surface area contributed by atoms with E-state index in [0.717, 1.165) is 32.4 Å². The number of aromatic carboxylic acids is 1. The van der Waals surface area contributed by atoms with Gasteiger partial charge in [0.2, 0.25) is 0 Å². The minimum atomic E-state index is -1.07. The average Bonchev–Trinajstić information content (AvgIpc) is 2.47. The highest BCUT2D eigenvalue weighted by atomic mass is 16.4. The number of carboxylic acid groups (broad SMARTS) is 1. The summed E-state index contributed by atoms with van der Waals surface area (Å²) < 4.78 is 0. The van der Waals surface area contributed by atoms with Gasteiger partial charge in [0, 0.05) is 19.7 Å². The van der Waals surface area contributed by atoms with Gasteiger partial charge in [-0.25, -0.2) is 14.8 Å². The Labute approximate surface area is 112 Å². The molecule has 2 heterocycles. The van der Waals surface area contributed by atoms with Gasteiger partial charge in [0.1, 0.15) is 5.82 Å². The standard InChI is InChI=1S/C13H19N3O3/c1-2-13(9-17)3-5-16(6-4-13)11-8-14-10(7-15-11)12(18)19/h7-8,17H,2-6,9H2,1H3,(H,18,19). The van der Waals surface area contributed by atoms with Crippen LogP contribution in [0.25, 0.3) is 0 Å². The number of aliphatic hydroxyl groups excluding tert-OH is 1. The van der Waals surface area contributed by atoms with Gasteiger partial charge in [0.25, 0.3) is 0 Å². The summed E-state index contributed by atoms with van der Waals surface area (Å²) in [4.78, 5) is 20.8. The van der Waals surface area contributed by atoms with E-state index in [1.54, 1.807) is 0 Å². The summed E-state index contributed by atoms with van der Waals surface area (Å²) in [7, 11) is 0. The number of hydrogen-bond donors (Lipinski definition) is 2. The van der Waals surface area contributed by atoms with Gasteiger partial charge in [0.05, 0.1) is 12.4 Å². The maximum absolute atomic E-state index is 10.7. The van der Waals surface area contributed by atoms with Crippen molar-refractivity contribution in [3.05, 3.63) is 18.1 Å². The lowest BCUT2D eigenvalue weighted by molar-refractivity contribution is 0.0690. The second-order valence-electron chi connectivity index (χ2n) is 5.06. The van der Waals surface area contributed by atoms with Crippen LogP contribution in [0.1, 0.15) is 36.7 Å². The molecule has 0 aromatic carbocycles. The Balaban J connectivity index is 2.03. The third kappa shape index (κ3) is 2.84. The molecule has 2 N–H and O–H groups in total. The number of aliphatic hydroxyl groups is 1. The lowest BCUT2D eigenvalue weighted by Crippen LogP contribution is -2.42. The van der Waals surface area contributed by atoms with Crippen LogP contribution in [0.15, 0.2) is 12.4 Å². The summed E-state index contributed by atoms with van der Waals surface area (Å²) in [6.07, 6.45) is 5.60. The fraction of sp³-hybridized carbons (Fsp3) is 0.615. The topological polar surface area (TPSA) is 86.5 Å². The van der Waals surface area contributed by atoms with Gasteiger partial charge in [-0.05, 0) is 24.7 Å². The van der Waals surface area contributed by atoms with E-state index >= 15 is 0 Å². The van der Waals surface area contributed by atoms with Crippen LogP contribution in [0, 0.1) is 5.41 Å². The number of rotatable bonds is 4. The van der Waals surface area contributed by atoms with E-state index in [1.165, 1.54) is 12.4 Å². The Kier molecular flexibility index (Phi) is 3.99. The van der Waals surface area contributed by atoms with Gasteiger partial charge in [0.15, 0.2) is 5.69 Å². The first-order valence-electron chi connectivity index (χ1n) is 6.51. The number of carboxylic acids is 1. The monoisotopic (exact) mass is 265 g/mol. The first-order valence-corrected chi connectivity index (χ1v) is 6.51. The van der Waals surface area contributed by atoms with Crippen molar-refractivity contribution in [3.63, 3.8) is 0 Å². The van der Waals surface area contributed by atoms with Crippen molar-refractivity contribution in [1.29, 1.82) is 0 Å². The molecule has 0 atom stereocenters. The summed E-state index contributed by atoms with van der Waals surface area (Å²) in [6.45, 7) is 3.96. The van der Waals surface area contributed by atoms with Crippen molar-refractivity contribution in [2.24, 2.45) is 5.41 Å². The Morgan fingerprint density at radius 2 is 2.05 bits per heavy atom. The highest BCUT2D eigenvalue weighted by Crippen LogP contribution is 2.35. The summed E-state index contributed by atoms with van der Waals surface area (Å²) in [6, 6.07) is 0. The largest absolute Gasteiger partial charge is 0.476 e. The lowest BCUT2D eigenvalue weighted by Gasteiger charge is -2.40. The van der Waals surface area contributed by atoms with Gasteiger partial charge in [-0.2, -0.15) is 0 Å². The Morgan fingerprint density at radius 3 is 2.47 bits per heavy atom. The number of nitrogens with zero attached hydrogens (tertiary/aromatic N) is 3. The molecule has 0 unspecified atom stereocenters. The highest BCUT2D eigenvalue weighted by Gasteiger charge is 2.32. The second-order valence-corrected chi connectivity index (χ2v) is 5.06. The van der Waals surface area contributed by atoms with E-state index in [0.29, 0.717) is 5.82 Å². The molecule has 1 aliphatic rings. The van der Waals surface area contributed by atoms with Crippen LogP contribution in [0.3, 0.4) is 0 Å². The third-order valence-corrected chi connectivity index (χ3v) is 4.09. The molecule has 1 saturated heterocycles. The average molecular weight is 265 g/mol. The molecule has 0 bridgehead atoms. The van der Waals surface area contributed by atoms with E-state index < -0.39 is 5.97 Å². The van der Waals surface area contributed by atoms with E-state index in [9.17, 15) is 9.90 Å². The fourth-order valence-electron chi connectivity index (χ4n) is 2.43. The molecule has 6 nitrogen and oxygen atoms in total. The molecule has 0 radical (unpaired) electrons. The molecule has 1 aliphatic heterocycles. The summed E-state index contributed by atoms with van der Waals surface area (Å²) in [5, 5.41) is 18.3. The Bertz CT molecular complexity index is 433. The predicted molar refractivity (Wildman–Crippen MR) is 70.2 cm³/mol. The molecule has 104 valence electrons. The number of piperidine rings is 1. The van der Waals surface area contributed by atoms with Crippen molar-refractivity contribution >= 4 is 11.8 Å². The van der Waals surface area contributed by atoms with Crippen LogP contribution in [0.5, 0.6) is 0 Å². The first-order chi connectivity index (χ1) is 9.10. The molecular formula is C13H19N3O3. The molecule has 0 amide bonds. The quantitative estimate of drug-likeness (QED) is 0.849. The second kappa shape index (κ2) is 5.52. The predicted octanol–water partition coefficient (Wildman–Crippen LogP) is 1.16. The van der Waals surface area contributed by atoms with Crippen molar-refractivity contribution in [1.82, 2.24) is 9.97 Å². The summed E-state index contributed by atoms with van der Waals surface area (Å²) in [5.41, 5.74) is -0.00990. The van der Waals surface area contributed by atoms with Crippen molar-refractivity contribution in [2.75, 3.05) is 24.6 Å². The zero-order valence-electron chi connectivity index (χ0n) is 11.0. The zero-order chi connectivity index (χ0) is 13.9. The molecule has 1 aromatic heterocycles. The van der Waals surface area contributed by atoms with Crippen LogP contribution >= 0.6 is 0 Å². The van der Waals surface area contributed by atoms with Gasteiger partial charge < -0.3 is 15.1 Å². The van der Waals surface area contributed by atoms with Crippen LogP contribution < -0.4 is 4.90 Å². The van der Waals surface area contributed by atoms with E-state index in [1.807, 2.05) is 0 Å². The lowest BCUT2D eigenvalue weighted by atomic mass is 9.77. The smallest absolute Gasteiger partial charge is 0.356 e. The van der Waals surface area contributed by atoms with Crippen LogP contribution in [-0.2, 0) is 0 Å². The van der Waals surface area contributed by atoms with Gasteiger partial charge in [-0.1, -0.05) is 6.92 Å². The molecule has 0 saturated carbocycles. The molecular weight excluding hydrogens is 246 g/mol. The maximum atomic E-state index is 10.7. The fourth-order valence-corrected chi connectivity index (χ4v) is 2.43. The zero-order valence-corrected chi connectivity index (χ0v) is 11.0. The van der Waals surface area contributed by atoms with Gasteiger partial charge in [-0.3, -0.25) is 0 Å². The maximum Gasteiger partial charge on any atom is 0.356 e. The third-order valence-electron chi connectivity index (χ3n) is 4.09.